The van der Waals surface area contributed by atoms with E-state index in [1.807, 2.05) is 54.3 Å². The number of carbonyl (C=O) groups is 1. The Morgan fingerprint density at radius 1 is 0.912 bits per heavy atom. The Morgan fingerprint density at radius 3 is 2.18 bits per heavy atom. The van der Waals surface area contributed by atoms with Gasteiger partial charge in [0, 0.05) is 37.4 Å². The Morgan fingerprint density at radius 2 is 1.59 bits per heavy atom. The summed E-state index contributed by atoms with van der Waals surface area (Å²) >= 11 is 1.54. The van der Waals surface area contributed by atoms with Crippen molar-refractivity contribution >= 4 is 50.7 Å². The average Bonchev–Trinajstić information content (AvgIpc) is 3.26. The minimum absolute atomic E-state index is 0. The zero-order chi connectivity index (χ0) is 23.8. The predicted octanol–water partition coefficient (Wildman–Crippen LogP) is 5.95. The first-order chi connectivity index (χ1) is 16.0. The molecule has 3 rings (SSSR count). The van der Waals surface area contributed by atoms with Crippen molar-refractivity contribution in [2.75, 3.05) is 55.7 Å². The number of aromatic nitrogens is 1. The van der Waals surface area contributed by atoms with E-state index in [0.29, 0.717) is 18.7 Å². The van der Waals surface area contributed by atoms with Crippen molar-refractivity contribution in [3.63, 3.8) is 0 Å². The molecule has 0 aliphatic rings. The fraction of sp³-hybridized carbons (Fsp3) is 0.462. The third kappa shape index (κ3) is 6.62. The van der Waals surface area contributed by atoms with Gasteiger partial charge in [-0.15, -0.1) is 12.4 Å². The third-order valence-electron chi connectivity index (χ3n) is 5.91. The maximum absolute atomic E-state index is 13.6. The van der Waals surface area contributed by atoms with Crippen molar-refractivity contribution < 1.29 is 9.53 Å². The van der Waals surface area contributed by atoms with Gasteiger partial charge in [0.2, 0.25) is 0 Å². The summed E-state index contributed by atoms with van der Waals surface area (Å²) in [6.07, 6.45) is 0. The number of rotatable bonds is 12. The lowest BCUT2D eigenvalue weighted by atomic mass is 10.1. The van der Waals surface area contributed by atoms with Gasteiger partial charge in [0.15, 0.2) is 5.13 Å². The second-order valence-corrected chi connectivity index (χ2v) is 8.77. The Kier molecular flexibility index (Phi) is 11.1. The van der Waals surface area contributed by atoms with Crippen LogP contribution >= 0.6 is 23.7 Å². The van der Waals surface area contributed by atoms with Crippen molar-refractivity contribution in [2.24, 2.45) is 0 Å². The van der Waals surface area contributed by atoms with Crippen LogP contribution in [0.2, 0.25) is 0 Å². The zero-order valence-corrected chi connectivity index (χ0v) is 22.5. The van der Waals surface area contributed by atoms with E-state index in [1.165, 1.54) is 11.3 Å². The molecule has 0 saturated heterocycles. The van der Waals surface area contributed by atoms with Gasteiger partial charge in [-0.3, -0.25) is 9.69 Å². The number of amides is 1. The summed E-state index contributed by atoms with van der Waals surface area (Å²) in [5.74, 6) is 0.811. The number of nitrogens with zero attached hydrogens (tertiary/aromatic N) is 4. The molecule has 1 amide bonds. The van der Waals surface area contributed by atoms with Crippen LogP contribution in [-0.2, 0) is 0 Å². The number of hydrogen-bond acceptors (Lipinski definition) is 6. The highest BCUT2D eigenvalue weighted by Crippen LogP contribution is 2.32. The minimum atomic E-state index is -0.0164. The van der Waals surface area contributed by atoms with E-state index < -0.39 is 0 Å². The van der Waals surface area contributed by atoms with E-state index in [0.717, 1.165) is 59.5 Å². The number of anilines is 2. The van der Waals surface area contributed by atoms with Crippen LogP contribution < -0.4 is 14.5 Å². The summed E-state index contributed by atoms with van der Waals surface area (Å²) < 4.78 is 6.67. The lowest BCUT2D eigenvalue weighted by Crippen LogP contribution is -2.38. The molecule has 2 aromatic carbocycles. The Balaban J connectivity index is 0.00000408. The first-order valence-corrected chi connectivity index (χ1v) is 12.8. The molecular formula is C26H37ClN4O2S. The summed E-state index contributed by atoms with van der Waals surface area (Å²) in [5.41, 5.74) is 2.70. The predicted molar refractivity (Wildman–Crippen MR) is 148 cm³/mol. The molecule has 0 aliphatic heterocycles. The molecule has 0 saturated carbocycles. The fourth-order valence-electron chi connectivity index (χ4n) is 3.89. The SMILES string of the molecule is CCOc1ccc2nc(N(CCN(CC)CC)C(=O)c3ccc(N(CC)CC)cc3)sc2c1.Cl. The number of thiazole rings is 1. The Labute approximate surface area is 213 Å². The van der Waals surface area contributed by atoms with Crippen LogP contribution in [-0.4, -0.2) is 61.7 Å². The fourth-order valence-corrected chi connectivity index (χ4v) is 4.91. The topological polar surface area (TPSA) is 48.9 Å². The summed E-state index contributed by atoms with van der Waals surface area (Å²) in [6, 6.07) is 13.8. The van der Waals surface area contributed by atoms with Crippen molar-refractivity contribution in [3.8, 4) is 5.75 Å². The molecule has 0 unspecified atom stereocenters. The van der Waals surface area contributed by atoms with Crippen LogP contribution in [0, 0.1) is 0 Å². The number of benzene rings is 2. The van der Waals surface area contributed by atoms with Crippen LogP contribution in [0.4, 0.5) is 10.8 Å². The highest BCUT2D eigenvalue weighted by atomic mass is 35.5. The lowest BCUT2D eigenvalue weighted by molar-refractivity contribution is 0.0984. The quantitative estimate of drug-likeness (QED) is 0.305. The Hall–Kier alpha value is -2.35. The van der Waals surface area contributed by atoms with Crippen molar-refractivity contribution in [2.45, 2.75) is 34.6 Å². The molecule has 0 N–H and O–H groups in total. The van der Waals surface area contributed by atoms with Crippen LogP contribution in [0.15, 0.2) is 42.5 Å². The van der Waals surface area contributed by atoms with Gasteiger partial charge in [0.25, 0.3) is 5.91 Å². The standard InChI is InChI=1S/C26H36N4O2S.ClH/c1-6-28(7-2)17-18-30(25(31)20-11-13-21(14-12-20)29(8-3)9-4)26-27-23-16-15-22(32-10-5)19-24(23)33-26;/h11-16,19H,6-10,17-18H2,1-5H3;1H. The largest absolute Gasteiger partial charge is 0.494 e. The van der Waals surface area contributed by atoms with Crippen LogP contribution in [0.5, 0.6) is 5.75 Å². The first-order valence-electron chi connectivity index (χ1n) is 12.0. The molecule has 0 aliphatic carbocycles. The zero-order valence-electron chi connectivity index (χ0n) is 20.9. The van der Waals surface area contributed by atoms with Crippen LogP contribution in [0.3, 0.4) is 0 Å². The van der Waals surface area contributed by atoms with Gasteiger partial charge >= 0.3 is 0 Å². The average molecular weight is 505 g/mol. The van der Waals surface area contributed by atoms with Crippen molar-refractivity contribution in [3.05, 3.63) is 48.0 Å². The van der Waals surface area contributed by atoms with Crippen LogP contribution in [0.1, 0.15) is 45.0 Å². The summed E-state index contributed by atoms with van der Waals surface area (Å²) in [6.45, 7) is 16.4. The molecular weight excluding hydrogens is 468 g/mol. The van der Waals surface area contributed by atoms with Gasteiger partial charge in [0.1, 0.15) is 5.75 Å². The van der Waals surface area contributed by atoms with E-state index >= 15 is 0 Å². The maximum atomic E-state index is 13.6. The molecule has 0 atom stereocenters. The van der Waals surface area contributed by atoms with Gasteiger partial charge in [-0.1, -0.05) is 25.2 Å². The van der Waals surface area contributed by atoms with E-state index in [9.17, 15) is 4.79 Å². The number of fused-ring (bicyclic) bond motifs is 1. The molecule has 0 spiro atoms. The number of ether oxygens (including phenoxy) is 1. The molecule has 1 heterocycles. The van der Waals surface area contributed by atoms with E-state index in [1.54, 1.807) is 0 Å². The normalized spacial score (nSPS) is 10.9. The highest BCUT2D eigenvalue weighted by molar-refractivity contribution is 7.22. The molecule has 0 bridgehead atoms. The van der Waals surface area contributed by atoms with Crippen LogP contribution in [0.25, 0.3) is 10.2 Å². The van der Waals surface area contributed by atoms with E-state index in [2.05, 4.69) is 37.5 Å². The molecule has 8 heteroatoms. The van der Waals surface area contributed by atoms with E-state index in [-0.39, 0.29) is 18.3 Å². The highest BCUT2D eigenvalue weighted by Gasteiger charge is 2.22. The molecule has 0 fully saturated rings. The van der Waals surface area contributed by atoms with Gasteiger partial charge in [-0.25, -0.2) is 4.98 Å². The molecule has 34 heavy (non-hydrogen) atoms. The molecule has 3 aromatic rings. The van der Waals surface area contributed by atoms with Crippen molar-refractivity contribution in [1.82, 2.24) is 9.88 Å². The molecule has 6 nitrogen and oxygen atoms in total. The van der Waals surface area contributed by atoms with Gasteiger partial charge in [0.05, 0.1) is 16.8 Å². The maximum Gasteiger partial charge on any atom is 0.260 e. The number of likely N-dealkylation sites (N-methyl/N-ethyl adjacent to an activating group) is 1. The Bertz CT molecular complexity index is 1030. The smallest absolute Gasteiger partial charge is 0.260 e. The second-order valence-electron chi connectivity index (χ2n) is 7.76. The summed E-state index contributed by atoms with van der Waals surface area (Å²) in [4.78, 5) is 24.9. The molecule has 0 radical (unpaired) electrons. The number of halogens is 1. The first kappa shape index (κ1) is 27.9. The lowest BCUT2D eigenvalue weighted by Gasteiger charge is -2.25. The van der Waals surface area contributed by atoms with Crippen molar-refractivity contribution in [1.29, 1.82) is 0 Å². The molecule has 1 aromatic heterocycles. The minimum Gasteiger partial charge on any atom is -0.494 e. The summed E-state index contributed by atoms with van der Waals surface area (Å²) in [5, 5.41) is 0.726. The van der Waals surface area contributed by atoms with Gasteiger partial charge in [-0.2, -0.15) is 0 Å². The monoisotopic (exact) mass is 504 g/mol. The van der Waals surface area contributed by atoms with Gasteiger partial charge < -0.3 is 14.5 Å². The number of hydrogen-bond donors (Lipinski definition) is 0. The summed E-state index contributed by atoms with van der Waals surface area (Å²) in [7, 11) is 0. The number of carbonyl (C=O) groups excluding carboxylic acids is 1. The second kappa shape index (κ2) is 13.5. The van der Waals surface area contributed by atoms with Gasteiger partial charge in [-0.05, 0) is 76.3 Å². The van der Waals surface area contributed by atoms with E-state index in [4.69, 9.17) is 9.72 Å². The molecule has 186 valence electrons. The third-order valence-corrected chi connectivity index (χ3v) is 6.95.